The Labute approximate surface area is 141 Å². The van der Waals surface area contributed by atoms with Crippen LogP contribution in [0, 0.1) is 0 Å². The Bertz CT molecular complexity index is 712. The fourth-order valence-corrected chi connectivity index (χ4v) is 4.20. The summed E-state index contributed by atoms with van der Waals surface area (Å²) in [4.78, 5) is 14.2. The van der Waals surface area contributed by atoms with Crippen LogP contribution in [-0.2, 0) is 11.2 Å². The first-order valence-electron chi connectivity index (χ1n) is 8.04. The maximum Gasteiger partial charge on any atom is 0.231 e. The Kier molecular flexibility index (Phi) is 3.62. The van der Waals surface area contributed by atoms with Crippen molar-refractivity contribution >= 4 is 17.4 Å². The van der Waals surface area contributed by atoms with Crippen molar-refractivity contribution in [1.82, 2.24) is 4.90 Å². The summed E-state index contributed by atoms with van der Waals surface area (Å²) in [6, 6.07) is 4.50. The molecule has 0 aliphatic carbocycles. The summed E-state index contributed by atoms with van der Waals surface area (Å²) >= 11 is 6.37. The number of alkyl halides is 1. The lowest BCUT2D eigenvalue weighted by molar-refractivity contribution is -0.116. The highest BCUT2D eigenvalue weighted by molar-refractivity contribution is 6.32. The molecule has 0 saturated carbocycles. The lowest BCUT2D eigenvalue weighted by Gasteiger charge is -2.42. The molecule has 0 spiro atoms. The molecule has 23 heavy (non-hydrogen) atoms. The number of carbonyl (C=O) groups excluding carboxylic acids is 1. The molecule has 0 N–H and O–H groups in total. The van der Waals surface area contributed by atoms with Gasteiger partial charge in [0.1, 0.15) is 5.38 Å². The van der Waals surface area contributed by atoms with E-state index in [0.29, 0.717) is 6.79 Å². The molecule has 3 aliphatic rings. The van der Waals surface area contributed by atoms with Gasteiger partial charge in [-0.1, -0.05) is 5.57 Å². The zero-order valence-corrected chi connectivity index (χ0v) is 14.2. The van der Waals surface area contributed by atoms with Gasteiger partial charge >= 0.3 is 0 Å². The Morgan fingerprint density at radius 3 is 2.83 bits per heavy atom. The van der Waals surface area contributed by atoms with E-state index in [1.807, 2.05) is 0 Å². The molecule has 4 nitrogen and oxygen atoms in total. The molecule has 0 bridgehead atoms. The van der Waals surface area contributed by atoms with Crippen LogP contribution in [0.4, 0.5) is 0 Å². The third-order valence-electron chi connectivity index (χ3n) is 5.17. The normalized spacial score (nSPS) is 24.2. The molecule has 2 unspecified atom stereocenters. The van der Waals surface area contributed by atoms with Crippen molar-refractivity contribution in [3.63, 3.8) is 0 Å². The van der Waals surface area contributed by atoms with Crippen molar-refractivity contribution in [3.05, 3.63) is 34.4 Å². The van der Waals surface area contributed by atoms with Gasteiger partial charge in [0, 0.05) is 19.1 Å². The molecule has 3 aliphatic heterocycles. The van der Waals surface area contributed by atoms with Crippen molar-refractivity contribution in [2.45, 2.75) is 38.1 Å². The second-order valence-corrected chi connectivity index (χ2v) is 7.06. The minimum absolute atomic E-state index is 0.0242. The van der Waals surface area contributed by atoms with Crippen molar-refractivity contribution in [2.24, 2.45) is 0 Å². The van der Waals surface area contributed by atoms with E-state index in [0.717, 1.165) is 43.0 Å². The van der Waals surface area contributed by atoms with E-state index < -0.39 is 5.38 Å². The molecule has 0 saturated heterocycles. The monoisotopic (exact) mass is 333 g/mol. The number of hydrogen-bond donors (Lipinski definition) is 0. The maximum absolute atomic E-state index is 11.7. The Morgan fingerprint density at radius 2 is 2.09 bits per heavy atom. The molecule has 122 valence electrons. The summed E-state index contributed by atoms with van der Waals surface area (Å²) in [5.74, 6) is 1.70. The number of carbonyl (C=O) groups is 1. The first kappa shape index (κ1) is 15.0. The SMILES string of the molecule is CC(=O)C(Cl)C1=C(C)CN2CCc3cc4c(cc3C2C1)OCO4. The molecule has 4 rings (SSSR count). The van der Waals surface area contributed by atoms with Crippen LogP contribution in [0.1, 0.15) is 37.4 Å². The van der Waals surface area contributed by atoms with Crippen molar-refractivity contribution in [2.75, 3.05) is 19.9 Å². The fraction of sp³-hybridized carbons (Fsp3) is 0.500. The van der Waals surface area contributed by atoms with Gasteiger partial charge < -0.3 is 9.47 Å². The van der Waals surface area contributed by atoms with E-state index in [4.69, 9.17) is 21.1 Å². The highest BCUT2D eigenvalue weighted by Crippen LogP contribution is 2.45. The minimum atomic E-state index is -0.503. The number of fused-ring (bicyclic) bond motifs is 4. The molecule has 2 atom stereocenters. The number of ether oxygens (including phenoxy) is 2. The molecule has 1 aromatic carbocycles. The topological polar surface area (TPSA) is 38.8 Å². The zero-order chi connectivity index (χ0) is 16.1. The highest BCUT2D eigenvalue weighted by atomic mass is 35.5. The van der Waals surface area contributed by atoms with Gasteiger partial charge in [0.25, 0.3) is 0 Å². The van der Waals surface area contributed by atoms with E-state index in [2.05, 4.69) is 24.0 Å². The van der Waals surface area contributed by atoms with Gasteiger partial charge in [-0.05, 0) is 55.5 Å². The van der Waals surface area contributed by atoms with Crippen molar-refractivity contribution in [3.8, 4) is 11.5 Å². The first-order valence-corrected chi connectivity index (χ1v) is 8.47. The van der Waals surface area contributed by atoms with Crippen molar-refractivity contribution < 1.29 is 14.3 Å². The summed E-state index contributed by atoms with van der Waals surface area (Å²) < 4.78 is 11.0. The van der Waals surface area contributed by atoms with Gasteiger partial charge in [-0.15, -0.1) is 11.6 Å². The van der Waals surface area contributed by atoms with Crippen LogP contribution in [0.25, 0.3) is 0 Å². The molecule has 0 amide bonds. The second-order valence-electron chi connectivity index (χ2n) is 6.62. The van der Waals surface area contributed by atoms with Crippen LogP contribution in [0.5, 0.6) is 11.5 Å². The van der Waals surface area contributed by atoms with E-state index in [-0.39, 0.29) is 11.8 Å². The Hall–Kier alpha value is -1.52. The number of benzene rings is 1. The fourth-order valence-electron chi connectivity index (χ4n) is 3.93. The van der Waals surface area contributed by atoms with Gasteiger partial charge in [0.05, 0.1) is 0 Å². The number of nitrogens with zero attached hydrogens (tertiary/aromatic N) is 1. The number of hydrogen-bond acceptors (Lipinski definition) is 4. The lowest BCUT2D eigenvalue weighted by atomic mass is 9.82. The number of ketones is 1. The molecular formula is C18H20ClNO3. The summed E-state index contributed by atoms with van der Waals surface area (Å²) in [6.45, 7) is 5.86. The smallest absolute Gasteiger partial charge is 0.231 e. The van der Waals surface area contributed by atoms with Crippen LogP contribution in [0.15, 0.2) is 23.3 Å². The molecular weight excluding hydrogens is 314 g/mol. The molecule has 0 fully saturated rings. The largest absolute Gasteiger partial charge is 0.454 e. The van der Waals surface area contributed by atoms with Crippen LogP contribution in [0.2, 0.25) is 0 Å². The predicted molar refractivity (Wildman–Crippen MR) is 88.2 cm³/mol. The zero-order valence-electron chi connectivity index (χ0n) is 13.4. The van der Waals surface area contributed by atoms with Gasteiger partial charge in [-0.25, -0.2) is 0 Å². The number of Topliss-reactive ketones (excluding diaryl/α,β-unsaturated/α-hetero) is 1. The average Bonchev–Trinajstić information content (AvgIpc) is 2.98. The van der Waals surface area contributed by atoms with E-state index in [1.165, 1.54) is 16.7 Å². The Balaban J connectivity index is 1.72. The highest BCUT2D eigenvalue weighted by Gasteiger charge is 2.36. The summed E-state index contributed by atoms with van der Waals surface area (Å²) in [5, 5.41) is -0.503. The van der Waals surface area contributed by atoms with Crippen molar-refractivity contribution in [1.29, 1.82) is 0 Å². The van der Waals surface area contributed by atoms with Crippen LogP contribution in [0.3, 0.4) is 0 Å². The first-order chi connectivity index (χ1) is 11.0. The molecule has 0 radical (unpaired) electrons. The van der Waals surface area contributed by atoms with Gasteiger partial charge in [0.15, 0.2) is 17.3 Å². The molecule has 3 heterocycles. The Morgan fingerprint density at radius 1 is 1.35 bits per heavy atom. The van der Waals surface area contributed by atoms with E-state index in [1.54, 1.807) is 6.92 Å². The third-order valence-corrected chi connectivity index (χ3v) is 5.74. The standard InChI is InChI=1S/C18H20ClNO3/c1-10-8-20-4-3-12-5-16-17(23-9-22-16)7-14(12)15(20)6-13(10)18(19)11(2)21/h5,7,15,18H,3-4,6,8-9H2,1-2H3. The lowest BCUT2D eigenvalue weighted by Crippen LogP contribution is -2.41. The van der Waals surface area contributed by atoms with E-state index >= 15 is 0 Å². The number of rotatable bonds is 2. The van der Waals surface area contributed by atoms with Gasteiger partial charge in [-0.2, -0.15) is 0 Å². The molecule has 0 aromatic heterocycles. The van der Waals surface area contributed by atoms with E-state index in [9.17, 15) is 4.79 Å². The molecule has 5 heteroatoms. The minimum Gasteiger partial charge on any atom is -0.454 e. The van der Waals surface area contributed by atoms with Crippen LogP contribution >= 0.6 is 11.6 Å². The summed E-state index contributed by atoms with van der Waals surface area (Å²) in [6.07, 6.45) is 1.83. The van der Waals surface area contributed by atoms with Gasteiger partial charge in [-0.3, -0.25) is 9.69 Å². The predicted octanol–water partition coefficient (Wildman–Crippen LogP) is 3.23. The quantitative estimate of drug-likeness (QED) is 0.615. The summed E-state index contributed by atoms with van der Waals surface area (Å²) in [7, 11) is 0. The van der Waals surface area contributed by atoms with Crippen LogP contribution in [-0.4, -0.2) is 35.9 Å². The van der Waals surface area contributed by atoms with Crippen LogP contribution < -0.4 is 9.47 Å². The molecule has 1 aromatic rings. The summed E-state index contributed by atoms with van der Waals surface area (Å²) in [5.41, 5.74) is 4.94. The third kappa shape index (κ3) is 2.45. The van der Waals surface area contributed by atoms with Gasteiger partial charge in [0.2, 0.25) is 6.79 Å². The average molecular weight is 334 g/mol. The second kappa shape index (κ2) is 5.53. The number of halogens is 1. The maximum atomic E-state index is 11.7.